The molecule has 3 nitrogen and oxygen atoms in total. The number of aromatic nitrogens is 1. The highest BCUT2D eigenvalue weighted by molar-refractivity contribution is 6.09. The predicted octanol–water partition coefficient (Wildman–Crippen LogP) is 4.05. The van der Waals surface area contributed by atoms with Crippen molar-refractivity contribution >= 4 is 22.5 Å². The molecular weight excluding hydrogens is 284 g/mol. The molecule has 2 heterocycles. The molecule has 0 spiro atoms. The van der Waals surface area contributed by atoms with Gasteiger partial charge in [0.05, 0.1) is 16.8 Å². The number of rotatable bonds is 1. The number of carbonyl (C=O) groups is 1. The molecule has 3 aromatic rings. The molecule has 114 valence electrons. The van der Waals surface area contributed by atoms with Crippen molar-refractivity contribution in [2.45, 2.75) is 20.3 Å². The Labute approximate surface area is 135 Å². The molecule has 0 saturated heterocycles. The Morgan fingerprint density at radius 3 is 2.78 bits per heavy atom. The maximum Gasteiger partial charge on any atom is 0.260 e. The third-order valence-corrected chi connectivity index (χ3v) is 4.53. The molecule has 2 aromatic carbocycles. The standard InChI is InChI=1S/C20H18N2O/c1-13-7-8-15-9-10-22(19(15)11-13)20(23)17-12-16-5-3-4-6-18(16)21-14(17)2/h3-8,11-12H,9-10H2,1-2H3. The topological polar surface area (TPSA) is 33.2 Å². The van der Waals surface area contributed by atoms with E-state index in [4.69, 9.17) is 0 Å². The number of para-hydroxylation sites is 1. The second-order valence-corrected chi connectivity index (χ2v) is 6.15. The molecule has 0 N–H and O–H groups in total. The molecule has 1 aliphatic heterocycles. The maximum atomic E-state index is 13.1. The summed E-state index contributed by atoms with van der Waals surface area (Å²) in [6.45, 7) is 4.71. The highest BCUT2D eigenvalue weighted by Gasteiger charge is 2.27. The third kappa shape index (κ3) is 2.29. The van der Waals surface area contributed by atoms with Crippen LogP contribution in [-0.2, 0) is 6.42 Å². The van der Waals surface area contributed by atoms with Gasteiger partial charge in [-0.1, -0.05) is 30.3 Å². The van der Waals surface area contributed by atoms with Crippen molar-refractivity contribution in [3.05, 3.63) is 70.9 Å². The van der Waals surface area contributed by atoms with E-state index in [-0.39, 0.29) is 5.91 Å². The van der Waals surface area contributed by atoms with Gasteiger partial charge in [0.1, 0.15) is 0 Å². The van der Waals surface area contributed by atoms with Gasteiger partial charge < -0.3 is 4.90 Å². The summed E-state index contributed by atoms with van der Waals surface area (Å²) in [5.74, 6) is 0.0464. The first kappa shape index (κ1) is 13.9. The van der Waals surface area contributed by atoms with Gasteiger partial charge in [0, 0.05) is 17.6 Å². The number of carbonyl (C=O) groups excluding carboxylic acids is 1. The van der Waals surface area contributed by atoms with Crippen LogP contribution in [-0.4, -0.2) is 17.4 Å². The summed E-state index contributed by atoms with van der Waals surface area (Å²) in [6, 6.07) is 16.2. The van der Waals surface area contributed by atoms with Gasteiger partial charge in [0.15, 0.2) is 0 Å². The van der Waals surface area contributed by atoms with Crippen LogP contribution in [0.1, 0.15) is 27.2 Å². The van der Waals surface area contributed by atoms with Gasteiger partial charge in [-0.3, -0.25) is 9.78 Å². The number of hydrogen-bond donors (Lipinski definition) is 0. The zero-order chi connectivity index (χ0) is 16.0. The Hall–Kier alpha value is -2.68. The summed E-state index contributed by atoms with van der Waals surface area (Å²) in [5.41, 5.74) is 5.88. The molecule has 0 bridgehead atoms. The monoisotopic (exact) mass is 302 g/mol. The van der Waals surface area contributed by atoms with Crippen molar-refractivity contribution in [2.24, 2.45) is 0 Å². The summed E-state index contributed by atoms with van der Waals surface area (Å²) in [7, 11) is 0. The summed E-state index contributed by atoms with van der Waals surface area (Å²) in [6.07, 6.45) is 0.918. The molecule has 4 rings (SSSR count). The van der Waals surface area contributed by atoms with E-state index in [0.29, 0.717) is 5.56 Å². The summed E-state index contributed by atoms with van der Waals surface area (Å²) in [4.78, 5) is 19.6. The largest absolute Gasteiger partial charge is 0.308 e. The van der Waals surface area contributed by atoms with Crippen LogP contribution in [0, 0.1) is 13.8 Å². The number of aryl methyl sites for hydroxylation is 2. The maximum absolute atomic E-state index is 13.1. The van der Waals surface area contributed by atoms with Crippen LogP contribution in [0.4, 0.5) is 5.69 Å². The van der Waals surface area contributed by atoms with Gasteiger partial charge in [-0.2, -0.15) is 0 Å². The lowest BCUT2D eigenvalue weighted by molar-refractivity contribution is 0.0988. The molecule has 1 aromatic heterocycles. The first-order chi connectivity index (χ1) is 11.1. The number of nitrogens with zero attached hydrogens (tertiary/aromatic N) is 2. The van der Waals surface area contributed by atoms with Crippen LogP contribution in [0.15, 0.2) is 48.5 Å². The van der Waals surface area contributed by atoms with Crippen molar-refractivity contribution in [3.63, 3.8) is 0 Å². The average Bonchev–Trinajstić information content (AvgIpc) is 2.96. The molecular formula is C20H18N2O. The number of pyridine rings is 1. The fraction of sp³-hybridized carbons (Fsp3) is 0.200. The highest BCUT2D eigenvalue weighted by atomic mass is 16.2. The first-order valence-electron chi connectivity index (χ1n) is 7.91. The van der Waals surface area contributed by atoms with Crippen LogP contribution >= 0.6 is 0 Å². The van der Waals surface area contributed by atoms with Crippen molar-refractivity contribution in [3.8, 4) is 0 Å². The van der Waals surface area contributed by atoms with Gasteiger partial charge >= 0.3 is 0 Å². The molecule has 3 heteroatoms. The minimum Gasteiger partial charge on any atom is -0.308 e. The zero-order valence-electron chi connectivity index (χ0n) is 13.3. The molecule has 23 heavy (non-hydrogen) atoms. The Morgan fingerprint density at radius 1 is 1.09 bits per heavy atom. The summed E-state index contributed by atoms with van der Waals surface area (Å²) in [5, 5.41) is 1.00. The lowest BCUT2D eigenvalue weighted by Gasteiger charge is -2.19. The van der Waals surface area contributed by atoms with Crippen molar-refractivity contribution in [2.75, 3.05) is 11.4 Å². The number of fused-ring (bicyclic) bond motifs is 2. The molecule has 0 aliphatic carbocycles. The lowest BCUT2D eigenvalue weighted by Crippen LogP contribution is -2.29. The Balaban J connectivity index is 1.79. The smallest absolute Gasteiger partial charge is 0.260 e. The van der Waals surface area contributed by atoms with E-state index in [1.807, 2.05) is 42.2 Å². The molecule has 0 saturated carbocycles. The van der Waals surface area contributed by atoms with Crippen LogP contribution in [0.25, 0.3) is 10.9 Å². The minimum absolute atomic E-state index is 0.0464. The van der Waals surface area contributed by atoms with Crippen molar-refractivity contribution in [1.29, 1.82) is 0 Å². The van der Waals surface area contributed by atoms with Crippen LogP contribution in [0.2, 0.25) is 0 Å². The number of benzene rings is 2. The molecule has 0 radical (unpaired) electrons. The van der Waals surface area contributed by atoms with Crippen LogP contribution in [0.5, 0.6) is 0 Å². The first-order valence-corrected chi connectivity index (χ1v) is 7.91. The van der Waals surface area contributed by atoms with E-state index in [1.165, 1.54) is 11.1 Å². The minimum atomic E-state index is 0.0464. The Morgan fingerprint density at radius 2 is 1.91 bits per heavy atom. The number of anilines is 1. The van der Waals surface area contributed by atoms with E-state index in [1.54, 1.807) is 0 Å². The second-order valence-electron chi connectivity index (χ2n) is 6.15. The van der Waals surface area contributed by atoms with E-state index >= 15 is 0 Å². The van der Waals surface area contributed by atoms with Gasteiger partial charge in [-0.15, -0.1) is 0 Å². The summed E-state index contributed by atoms with van der Waals surface area (Å²) >= 11 is 0. The van der Waals surface area contributed by atoms with Gasteiger partial charge in [0.25, 0.3) is 5.91 Å². The molecule has 1 aliphatic rings. The quantitative estimate of drug-likeness (QED) is 0.679. The third-order valence-electron chi connectivity index (χ3n) is 4.53. The normalized spacial score (nSPS) is 13.4. The van der Waals surface area contributed by atoms with Gasteiger partial charge in [0.2, 0.25) is 0 Å². The number of amides is 1. The predicted molar refractivity (Wildman–Crippen MR) is 93.0 cm³/mol. The van der Waals surface area contributed by atoms with E-state index in [2.05, 4.69) is 30.1 Å². The fourth-order valence-corrected chi connectivity index (χ4v) is 3.27. The summed E-state index contributed by atoms with van der Waals surface area (Å²) < 4.78 is 0. The molecule has 0 fully saturated rings. The highest BCUT2D eigenvalue weighted by Crippen LogP contribution is 2.31. The second kappa shape index (κ2) is 5.20. The molecule has 0 atom stereocenters. The van der Waals surface area contributed by atoms with E-state index < -0.39 is 0 Å². The number of hydrogen-bond acceptors (Lipinski definition) is 2. The van der Waals surface area contributed by atoms with Crippen LogP contribution in [0.3, 0.4) is 0 Å². The van der Waals surface area contributed by atoms with E-state index in [0.717, 1.165) is 35.2 Å². The average molecular weight is 302 g/mol. The zero-order valence-corrected chi connectivity index (χ0v) is 13.3. The Kier molecular flexibility index (Phi) is 3.15. The SMILES string of the molecule is Cc1ccc2c(c1)N(C(=O)c1cc3ccccc3nc1C)CC2. The Bertz CT molecular complexity index is 930. The fourth-order valence-electron chi connectivity index (χ4n) is 3.27. The van der Waals surface area contributed by atoms with Crippen LogP contribution < -0.4 is 4.90 Å². The molecule has 1 amide bonds. The van der Waals surface area contributed by atoms with Gasteiger partial charge in [-0.05, 0) is 49.6 Å². The molecule has 0 unspecified atom stereocenters. The van der Waals surface area contributed by atoms with Gasteiger partial charge in [-0.25, -0.2) is 0 Å². The van der Waals surface area contributed by atoms with Crippen molar-refractivity contribution < 1.29 is 4.79 Å². The van der Waals surface area contributed by atoms with Crippen molar-refractivity contribution in [1.82, 2.24) is 4.98 Å². The lowest BCUT2D eigenvalue weighted by atomic mass is 10.1. The van der Waals surface area contributed by atoms with E-state index in [9.17, 15) is 4.79 Å².